The van der Waals surface area contributed by atoms with Crippen LogP contribution >= 0.6 is 0 Å². The lowest BCUT2D eigenvalue weighted by atomic mass is 9.67. The number of nitrogens with zero attached hydrogens (tertiary/aromatic N) is 2. The molecule has 0 spiro atoms. The van der Waals surface area contributed by atoms with Crippen molar-refractivity contribution in [1.82, 2.24) is 0 Å². The highest BCUT2D eigenvalue weighted by atomic mass is 16.1. The maximum Gasteiger partial charge on any atom is 0.235 e. The second-order valence-electron chi connectivity index (χ2n) is 5.32. The first-order valence-corrected chi connectivity index (χ1v) is 5.07. The van der Waals surface area contributed by atoms with Gasteiger partial charge in [-0.15, -0.1) is 0 Å². The van der Waals surface area contributed by atoms with Gasteiger partial charge >= 0.3 is 0 Å². The quantitative estimate of drug-likeness (QED) is 0.514. The normalized spacial score (nSPS) is 33.7. The highest BCUT2D eigenvalue weighted by Crippen LogP contribution is 2.43. The Bertz CT molecular complexity index is 338. The van der Waals surface area contributed by atoms with Crippen LogP contribution in [0.1, 0.15) is 40.0 Å². The summed E-state index contributed by atoms with van der Waals surface area (Å²) in [4.78, 5) is 28.2. The molecule has 82 valence electrons. The third-order valence-corrected chi connectivity index (χ3v) is 2.87. The predicted octanol–water partition coefficient (Wildman–Crippen LogP) is 2.00. The number of isocyanates is 2. The molecule has 0 amide bonds. The first-order valence-electron chi connectivity index (χ1n) is 5.07. The fourth-order valence-corrected chi connectivity index (χ4v) is 2.75. The van der Waals surface area contributed by atoms with Gasteiger partial charge in [0.1, 0.15) is 0 Å². The van der Waals surface area contributed by atoms with E-state index >= 15 is 0 Å². The molecule has 0 unspecified atom stereocenters. The van der Waals surface area contributed by atoms with Crippen LogP contribution < -0.4 is 0 Å². The Morgan fingerprint density at radius 2 is 1.80 bits per heavy atom. The summed E-state index contributed by atoms with van der Waals surface area (Å²) in [6, 6.07) is -0.0756. The molecule has 0 aromatic carbocycles. The summed E-state index contributed by atoms with van der Waals surface area (Å²) in [5.74, 6) is 0. The van der Waals surface area contributed by atoms with Crippen LogP contribution in [-0.2, 0) is 9.59 Å². The van der Waals surface area contributed by atoms with Gasteiger partial charge < -0.3 is 0 Å². The van der Waals surface area contributed by atoms with Crippen molar-refractivity contribution in [2.45, 2.75) is 51.6 Å². The summed E-state index contributed by atoms with van der Waals surface area (Å²) >= 11 is 0. The zero-order valence-corrected chi connectivity index (χ0v) is 9.41. The Hall–Kier alpha value is -1.24. The molecule has 1 fully saturated rings. The molecule has 1 aliphatic carbocycles. The second kappa shape index (κ2) is 4.09. The van der Waals surface area contributed by atoms with E-state index in [-0.39, 0.29) is 11.5 Å². The highest BCUT2D eigenvalue weighted by Gasteiger charge is 2.41. The standard InChI is InChI=1S/C11H16N2O2/c1-10(2)4-9(12-7-14)5-11(3,6-10)13-8-15/h9H,4-6H2,1-3H3/t9-,11+/m1/s1. The van der Waals surface area contributed by atoms with Crippen LogP contribution in [0.15, 0.2) is 9.98 Å². The van der Waals surface area contributed by atoms with Gasteiger partial charge in [0, 0.05) is 0 Å². The maximum absolute atomic E-state index is 10.4. The van der Waals surface area contributed by atoms with Gasteiger partial charge in [-0.1, -0.05) is 13.8 Å². The number of hydrogen-bond donors (Lipinski definition) is 0. The Morgan fingerprint density at radius 3 is 2.33 bits per heavy atom. The SMILES string of the molecule is CC1(C)C[C@@H](N=C=O)C[C@](C)(N=C=O)C1. The minimum Gasteiger partial charge on any atom is -0.211 e. The average Bonchev–Trinajstić information content (AvgIpc) is 1.99. The topological polar surface area (TPSA) is 58.9 Å². The lowest BCUT2D eigenvalue weighted by Gasteiger charge is -2.41. The number of hydrogen-bond acceptors (Lipinski definition) is 4. The van der Waals surface area contributed by atoms with Gasteiger partial charge in [0.2, 0.25) is 12.2 Å². The van der Waals surface area contributed by atoms with Crippen LogP contribution in [-0.4, -0.2) is 23.7 Å². The van der Waals surface area contributed by atoms with Gasteiger partial charge in [0.05, 0.1) is 11.6 Å². The lowest BCUT2D eigenvalue weighted by molar-refractivity contribution is 0.147. The van der Waals surface area contributed by atoms with Crippen LogP contribution in [0.5, 0.6) is 0 Å². The summed E-state index contributed by atoms with van der Waals surface area (Å²) < 4.78 is 0. The second-order valence-corrected chi connectivity index (χ2v) is 5.32. The van der Waals surface area contributed by atoms with Crippen molar-refractivity contribution in [1.29, 1.82) is 0 Å². The van der Waals surface area contributed by atoms with E-state index < -0.39 is 5.54 Å². The van der Waals surface area contributed by atoms with Crippen molar-refractivity contribution in [2.24, 2.45) is 15.4 Å². The molecule has 0 aliphatic heterocycles. The van der Waals surface area contributed by atoms with E-state index in [1.807, 2.05) is 6.92 Å². The third kappa shape index (κ3) is 3.12. The summed E-state index contributed by atoms with van der Waals surface area (Å²) in [6.45, 7) is 6.10. The van der Waals surface area contributed by atoms with Crippen molar-refractivity contribution in [3.05, 3.63) is 0 Å². The van der Waals surface area contributed by atoms with Crippen LogP contribution in [0.25, 0.3) is 0 Å². The molecule has 1 aliphatic rings. The summed E-state index contributed by atoms with van der Waals surface area (Å²) in [5.41, 5.74) is -0.396. The molecule has 0 saturated heterocycles. The number of rotatable bonds is 2. The first-order chi connectivity index (χ1) is 6.91. The zero-order valence-electron chi connectivity index (χ0n) is 9.41. The molecule has 1 saturated carbocycles. The fraction of sp³-hybridized carbons (Fsp3) is 0.818. The van der Waals surface area contributed by atoms with Crippen molar-refractivity contribution < 1.29 is 9.59 Å². The van der Waals surface area contributed by atoms with Crippen LogP contribution in [0.3, 0.4) is 0 Å². The van der Waals surface area contributed by atoms with Crippen molar-refractivity contribution in [3.8, 4) is 0 Å². The monoisotopic (exact) mass is 208 g/mol. The molecule has 1 rings (SSSR count). The minimum absolute atomic E-state index is 0.0400. The Balaban J connectivity index is 2.94. The Morgan fingerprint density at radius 1 is 1.13 bits per heavy atom. The summed E-state index contributed by atoms with van der Waals surface area (Å²) in [5, 5.41) is 0. The lowest BCUT2D eigenvalue weighted by Crippen LogP contribution is -2.40. The summed E-state index contributed by atoms with van der Waals surface area (Å²) in [6.07, 6.45) is 5.49. The molecule has 0 radical (unpaired) electrons. The highest BCUT2D eigenvalue weighted by molar-refractivity contribution is 5.36. The third-order valence-electron chi connectivity index (χ3n) is 2.87. The van der Waals surface area contributed by atoms with Crippen molar-refractivity contribution in [3.63, 3.8) is 0 Å². The van der Waals surface area contributed by atoms with Gasteiger partial charge in [0.15, 0.2) is 0 Å². The van der Waals surface area contributed by atoms with Crippen LogP contribution in [0.4, 0.5) is 0 Å². The van der Waals surface area contributed by atoms with Gasteiger partial charge in [0.25, 0.3) is 0 Å². The van der Waals surface area contributed by atoms with E-state index in [9.17, 15) is 9.59 Å². The van der Waals surface area contributed by atoms with E-state index in [2.05, 4.69) is 23.8 Å². The molecular formula is C11H16N2O2. The van der Waals surface area contributed by atoms with E-state index in [0.29, 0.717) is 6.42 Å². The maximum atomic E-state index is 10.4. The molecule has 4 nitrogen and oxygen atoms in total. The average molecular weight is 208 g/mol. The van der Waals surface area contributed by atoms with Crippen molar-refractivity contribution in [2.75, 3.05) is 0 Å². The molecule has 2 atom stereocenters. The minimum atomic E-state index is -0.436. The van der Waals surface area contributed by atoms with Crippen molar-refractivity contribution >= 4 is 12.2 Å². The zero-order chi connectivity index (χ0) is 11.5. The molecule has 0 N–H and O–H groups in total. The van der Waals surface area contributed by atoms with E-state index in [1.165, 1.54) is 0 Å². The van der Waals surface area contributed by atoms with Crippen LogP contribution in [0.2, 0.25) is 0 Å². The van der Waals surface area contributed by atoms with Gasteiger partial charge in [-0.05, 0) is 31.6 Å². The molecule has 4 heteroatoms. The van der Waals surface area contributed by atoms with Crippen LogP contribution in [0, 0.1) is 5.41 Å². The van der Waals surface area contributed by atoms with Gasteiger partial charge in [-0.3, -0.25) is 0 Å². The molecule has 0 heterocycles. The van der Waals surface area contributed by atoms with E-state index in [0.717, 1.165) is 12.8 Å². The molecule has 0 bridgehead atoms. The first kappa shape index (κ1) is 11.8. The summed E-state index contributed by atoms with van der Waals surface area (Å²) in [7, 11) is 0. The van der Waals surface area contributed by atoms with E-state index in [4.69, 9.17) is 0 Å². The molecular weight excluding hydrogens is 192 g/mol. The Kier molecular flexibility index (Phi) is 3.23. The largest absolute Gasteiger partial charge is 0.235 e. The smallest absolute Gasteiger partial charge is 0.211 e. The number of aliphatic imine (C=N–C) groups is 2. The molecule has 0 aromatic rings. The molecule has 0 aromatic heterocycles. The number of carbonyl (C=O) groups excluding carboxylic acids is 2. The predicted molar refractivity (Wildman–Crippen MR) is 56.1 cm³/mol. The van der Waals surface area contributed by atoms with E-state index in [1.54, 1.807) is 12.2 Å². The fourth-order valence-electron chi connectivity index (χ4n) is 2.75. The Labute approximate surface area is 89.5 Å². The molecule has 15 heavy (non-hydrogen) atoms. The van der Waals surface area contributed by atoms with Gasteiger partial charge in [-0.25, -0.2) is 14.6 Å². The van der Waals surface area contributed by atoms with Gasteiger partial charge in [-0.2, -0.15) is 4.99 Å².